The zero-order chi connectivity index (χ0) is 21.8. The minimum Gasteiger partial charge on any atom is -0.507 e. The molecule has 2 N–H and O–H groups in total. The highest BCUT2D eigenvalue weighted by molar-refractivity contribution is 9.10. The zero-order valence-corrected chi connectivity index (χ0v) is 18.9. The van der Waals surface area contributed by atoms with Gasteiger partial charge in [-0.25, -0.2) is 0 Å². The summed E-state index contributed by atoms with van der Waals surface area (Å²) in [5.74, 6) is 2.30. The number of para-hydroxylation sites is 1. The van der Waals surface area contributed by atoms with Crippen molar-refractivity contribution < 1.29 is 14.6 Å². The molecule has 0 fully saturated rings. The topological polar surface area (TPSA) is 67.4 Å². The van der Waals surface area contributed by atoms with Crippen LogP contribution in [0, 0.1) is 0 Å². The van der Waals surface area contributed by atoms with Crippen molar-refractivity contribution in [1.29, 1.82) is 0 Å². The molecule has 0 saturated heterocycles. The van der Waals surface area contributed by atoms with Crippen LogP contribution in [0.15, 0.2) is 77.4 Å². The Labute approximate surface area is 189 Å². The third kappa shape index (κ3) is 4.91. The molecular weight excluding hydrogens is 456 g/mol. The lowest BCUT2D eigenvalue weighted by molar-refractivity contribution is 0.304. The second-order valence-electron chi connectivity index (χ2n) is 7.50. The molecule has 0 saturated carbocycles. The van der Waals surface area contributed by atoms with Gasteiger partial charge in [-0.15, -0.1) is 0 Å². The van der Waals surface area contributed by atoms with E-state index in [1.807, 2.05) is 48.5 Å². The number of aromatic amines is 1. The molecular formula is C25H23BrN2O3. The highest BCUT2D eigenvalue weighted by atomic mass is 79.9. The van der Waals surface area contributed by atoms with Gasteiger partial charge in [0.2, 0.25) is 0 Å². The molecule has 4 rings (SSSR count). The van der Waals surface area contributed by atoms with Gasteiger partial charge in [0.25, 0.3) is 0 Å². The van der Waals surface area contributed by atoms with Gasteiger partial charge < -0.3 is 14.6 Å². The molecule has 0 aliphatic rings. The molecule has 0 unspecified atom stereocenters. The number of hydrogen-bond acceptors (Lipinski definition) is 4. The maximum atomic E-state index is 10.6. The second kappa shape index (κ2) is 9.27. The number of halogens is 1. The lowest BCUT2D eigenvalue weighted by Gasteiger charge is -2.14. The van der Waals surface area contributed by atoms with Gasteiger partial charge in [0.05, 0.1) is 6.20 Å². The van der Waals surface area contributed by atoms with Gasteiger partial charge in [0, 0.05) is 16.1 Å². The first-order valence-corrected chi connectivity index (χ1v) is 10.8. The molecule has 4 aromatic rings. The Hall–Kier alpha value is -3.25. The van der Waals surface area contributed by atoms with Crippen molar-refractivity contribution in [3.05, 3.63) is 88.5 Å². The van der Waals surface area contributed by atoms with Crippen molar-refractivity contribution in [2.45, 2.75) is 26.4 Å². The Morgan fingerprint density at radius 3 is 2.52 bits per heavy atom. The van der Waals surface area contributed by atoms with E-state index < -0.39 is 0 Å². The quantitative estimate of drug-likeness (QED) is 0.298. The van der Waals surface area contributed by atoms with Crippen molar-refractivity contribution in [1.82, 2.24) is 10.2 Å². The molecule has 0 aliphatic carbocycles. The Morgan fingerprint density at radius 2 is 1.77 bits per heavy atom. The number of ether oxygens (including phenoxy) is 2. The van der Waals surface area contributed by atoms with Crippen LogP contribution in [-0.2, 0) is 6.61 Å². The smallest absolute Gasteiger partial charge is 0.173 e. The van der Waals surface area contributed by atoms with Gasteiger partial charge in [0.1, 0.15) is 29.5 Å². The minimum atomic E-state index is 0.0829. The average Bonchev–Trinajstić information content (AvgIpc) is 3.21. The van der Waals surface area contributed by atoms with E-state index in [0.717, 1.165) is 21.3 Å². The van der Waals surface area contributed by atoms with E-state index in [2.05, 4.69) is 46.0 Å². The normalized spacial score (nSPS) is 11.0. The minimum absolute atomic E-state index is 0.0829. The predicted octanol–water partition coefficient (Wildman–Crippen LogP) is 7.04. The number of rotatable bonds is 7. The Kier molecular flexibility index (Phi) is 6.28. The maximum absolute atomic E-state index is 10.6. The molecule has 6 heteroatoms. The van der Waals surface area contributed by atoms with Crippen LogP contribution in [0.3, 0.4) is 0 Å². The Bertz CT molecular complexity index is 1170. The summed E-state index contributed by atoms with van der Waals surface area (Å²) in [6.45, 7) is 4.66. The van der Waals surface area contributed by atoms with Crippen LogP contribution in [0.25, 0.3) is 11.3 Å². The molecule has 158 valence electrons. The summed E-state index contributed by atoms with van der Waals surface area (Å²) in [5.41, 5.74) is 3.34. The van der Waals surface area contributed by atoms with Crippen LogP contribution in [0.1, 0.15) is 30.9 Å². The Morgan fingerprint density at radius 1 is 1.00 bits per heavy atom. The van der Waals surface area contributed by atoms with Gasteiger partial charge in [-0.3, -0.25) is 5.10 Å². The van der Waals surface area contributed by atoms with Crippen molar-refractivity contribution in [2.75, 3.05) is 0 Å². The monoisotopic (exact) mass is 478 g/mol. The number of phenols is 1. The fraction of sp³-hybridized carbons (Fsp3) is 0.160. The first-order valence-electron chi connectivity index (χ1n) is 10.0. The number of nitrogens with zero attached hydrogens (tertiary/aromatic N) is 1. The van der Waals surface area contributed by atoms with E-state index in [1.165, 1.54) is 0 Å². The molecule has 3 aromatic carbocycles. The molecule has 31 heavy (non-hydrogen) atoms. The fourth-order valence-electron chi connectivity index (χ4n) is 3.27. The summed E-state index contributed by atoms with van der Waals surface area (Å²) in [4.78, 5) is 0. The van der Waals surface area contributed by atoms with Crippen LogP contribution in [-0.4, -0.2) is 15.3 Å². The number of nitrogens with one attached hydrogen (secondary N) is 1. The number of benzene rings is 3. The van der Waals surface area contributed by atoms with Gasteiger partial charge >= 0.3 is 0 Å². The number of hydrogen-bond donors (Lipinski definition) is 2. The number of H-pyrrole nitrogens is 1. The molecule has 0 spiro atoms. The van der Waals surface area contributed by atoms with Crippen LogP contribution < -0.4 is 9.47 Å². The van der Waals surface area contributed by atoms with Crippen molar-refractivity contribution >= 4 is 15.9 Å². The number of aromatic nitrogens is 2. The van der Waals surface area contributed by atoms with E-state index in [9.17, 15) is 5.11 Å². The molecule has 1 heterocycles. The summed E-state index contributed by atoms with van der Waals surface area (Å²) in [7, 11) is 0. The van der Waals surface area contributed by atoms with E-state index in [-0.39, 0.29) is 5.75 Å². The highest BCUT2D eigenvalue weighted by Crippen LogP contribution is 2.39. The predicted molar refractivity (Wildman–Crippen MR) is 125 cm³/mol. The molecule has 5 nitrogen and oxygen atoms in total. The largest absolute Gasteiger partial charge is 0.507 e. The molecule has 1 aromatic heterocycles. The molecule has 0 bridgehead atoms. The van der Waals surface area contributed by atoms with Crippen molar-refractivity contribution in [2.24, 2.45) is 0 Å². The van der Waals surface area contributed by atoms with Crippen molar-refractivity contribution in [3.8, 4) is 34.3 Å². The SMILES string of the molecule is CC(C)c1ccccc1Oc1cn[nH]c1-c1ccc(OCc2ccc(Br)cc2)cc1O. The van der Waals surface area contributed by atoms with Crippen LogP contribution in [0.2, 0.25) is 0 Å². The van der Waals surface area contributed by atoms with E-state index in [0.29, 0.717) is 35.3 Å². The van der Waals surface area contributed by atoms with Crippen LogP contribution in [0.5, 0.6) is 23.0 Å². The summed E-state index contributed by atoms with van der Waals surface area (Å²) in [5, 5.41) is 17.7. The highest BCUT2D eigenvalue weighted by Gasteiger charge is 2.16. The molecule has 0 aliphatic heterocycles. The standard InChI is InChI=1S/C25H23BrN2O3/c1-16(2)20-5-3-4-6-23(20)31-24-14-27-28-25(24)21-12-11-19(13-22(21)29)30-15-17-7-9-18(26)10-8-17/h3-14,16,29H,15H2,1-2H3,(H,27,28). The summed E-state index contributed by atoms with van der Waals surface area (Å²) in [6.07, 6.45) is 1.61. The van der Waals surface area contributed by atoms with Crippen LogP contribution in [0.4, 0.5) is 0 Å². The fourth-order valence-corrected chi connectivity index (χ4v) is 3.54. The molecule has 0 amide bonds. The maximum Gasteiger partial charge on any atom is 0.173 e. The lowest BCUT2D eigenvalue weighted by atomic mass is 10.0. The first-order chi connectivity index (χ1) is 15.0. The summed E-state index contributed by atoms with van der Waals surface area (Å²) >= 11 is 3.42. The third-order valence-corrected chi connectivity index (χ3v) is 5.45. The zero-order valence-electron chi connectivity index (χ0n) is 17.3. The van der Waals surface area contributed by atoms with E-state index in [4.69, 9.17) is 9.47 Å². The van der Waals surface area contributed by atoms with Gasteiger partial charge in [0.15, 0.2) is 5.75 Å². The molecule has 0 atom stereocenters. The number of aromatic hydroxyl groups is 1. The summed E-state index contributed by atoms with van der Waals surface area (Å²) < 4.78 is 13.0. The molecule has 0 radical (unpaired) electrons. The third-order valence-electron chi connectivity index (χ3n) is 4.92. The van der Waals surface area contributed by atoms with Gasteiger partial charge in [-0.1, -0.05) is 60.1 Å². The lowest BCUT2D eigenvalue weighted by Crippen LogP contribution is -1.96. The number of phenolic OH excluding ortho intramolecular Hbond substituents is 1. The first kappa shape index (κ1) is 21.0. The second-order valence-corrected chi connectivity index (χ2v) is 8.41. The van der Waals surface area contributed by atoms with Gasteiger partial charge in [-0.2, -0.15) is 5.10 Å². The van der Waals surface area contributed by atoms with E-state index >= 15 is 0 Å². The van der Waals surface area contributed by atoms with Crippen LogP contribution >= 0.6 is 15.9 Å². The van der Waals surface area contributed by atoms with E-state index in [1.54, 1.807) is 18.3 Å². The summed E-state index contributed by atoms with van der Waals surface area (Å²) in [6, 6.07) is 21.0. The van der Waals surface area contributed by atoms with Gasteiger partial charge in [-0.05, 0) is 47.4 Å². The Balaban J connectivity index is 1.53. The average molecular weight is 479 g/mol. The van der Waals surface area contributed by atoms with Crippen molar-refractivity contribution in [3.63, 3.8) is 0 Å².